The number of H-pyrrole nitrogens is 1. The van der Waals surface area contributed by atoms with Crippen LogP contribution in [0.25, 0.3) is 11.2 Å². The number of sulfonamides is 1. The molecule has 28 heavy (non-hydrogen) atoms. The first kappa shape index (κ1) is 18.9. The van der Waals surface area contributed by atoms with E-state index in [1.807, 2.05) is 7.05 Å². The number of pyridine rings is 1. The Balaban J connectivity index is 1.62. The number of phenolic OH excluding ortho intramolecular Hbond substituents is 1. The molecule has 0 saturated carbocycles. The van der Waals surface area contributed by atoms with E-state index in [0.29, 0.717) is 54.0 Å². The molecule has 0 amide bonds. The first-order chi connectivity index (χ1) is 13.3. The highest BCUT2D eigenvalue weighted by atomic mass is 35.5. The predicted molar refractivity (Wildman–Crippen MR) is 107 cm³/mol. The van der Waals surface area contributed by atoms with Gasteiger partial charge in [-0.05, 0) is 31.3 Å². The second-order valence-electron chi connectivity index (χ2n) is 6.62. The monoisotopic (exact) mass is 422 g/mol. The van der Waals surface area contributed by atoms with Crippen molar-refractivity contribution in [1.82, 2.24) is 24.2 Å². The Morgan fingerprint density at radius 3 is 2.71 bits per heavy atom. The summed E-state index contributed by atoms with van der Waals surface area (Å²) in [7, 11) is -1.66. The summed E-state index contributed by atoms with van der Waals surface area (Å²) in [5, 5.41) is 13.3. The highest BCUT2D eigenvalue weighted by Crippen LogP contribution is 2.29. The lowest BCUT2D eigenvalue weighted by Crippen LogP contribution is -2.47. The van der Waals surface area contributed by atoms with Crippen LogP contribution in [-0.2, 0) is 10.0 Å². The predicted octanol–water partition coefficient (Wildman–Crippen LogP) is 2.00. The maximum absolute atomic E-state index is 12.9. The molecule has 1 fully saturated rings. The van der Waals surface area contributed by atoms with Crippen LogP contribution in [0.1, 0.15) is 0 Å². The third-order valence-electron chi connectivity index (χ3n) is 4.62. The van der Waals surface area contributed by atoms with Gasteiger partial charge in [-0.2, -0.15) is 4.31 Å². The molecule has 0 radical (unpaired) electrons. The molecule has 0 aliphatic carbocycles. The lowest BCUT2D eigenvalue weighted by Gasteiger charge is -2.31. The summed E-state index contributed by atoms with van der Waals surface area (Å²) in [5.41, 5.74) is 1.21. The number of aromatic hydroxyl groups is 1. The van der Waals surface area contributed by atoms with Crippen LogP contribution in [-0.4, -0.2) is 70.9 Å². The number of rotatable bonds is 4. The number of likely N-dealkylation sites (N-methyl/N-ethyl adjacent to an activating group) is 1. The van der Waals surface area contributed by atoms with Gasteiger partial charge in [0.1, 0.15) is 16.2 Å². The highest BCUT2D eigenvalue weighted by molar-refractivity contribution is 7.89. The molecule has 11 heteroatoms. The highest BCUT2D eigenvalue weighted by Gasteiger charge is 2.28. The van der Waals surface area contributed by atoms with Crippen molar-refractivity contribution < 1.29 is 13.5 Å². The summed E-state index contributed by atoms with van der Waals surface area (Å²) >= 11 is 5.95. The molecule has 3 aromatic rings. The average Bonchev–Trinajstić information content (AvgIpc) is 3.06. The van der Waals surface area contributed by atoms with Crippen molar-refractivity contribution in [1.29, 1.82) is 0 Å². The number of benzene rings is 1. The molecule has 4 rings (SSSR count). The van der Waals surface area contributed by atoms with Crippen LogP contribution in [0.15, 0.2) is 35.4 Å². The van der Waals surface area contributed by atoms with Gasteiger partial charge >= 0.3 is 0 Å². The van der Waals surface area contributed by atoms with Crippen molar-refractivity contribution in [2.45, 2.75) is 4.90 Å². The van der Waals surface area contributed by atoms with Crippen molar-refractivity contribution in [2.75, 3.05) is 38.5 Å². The Bertz CT molecular complexity index is 1130. The van der Waals surface area contributed by atoms with Crippen molar-refractivity contribution in [3.63, 3.8) is 0 Å². The van der Waals surface area contributed by atoms with Gasteiger partial charge in [-0.1, -0.05) is 11.6 Å². The number of nitrogens with zero attached hydrogens (tertiary/aromatic N) is 4. The van der Waals surface area contributed by atoms with Crippen LogP contribution < -0.4 is 5.32 Å². The van der Waals surface area contributed by atoms with Crippen molar-refractivity contribution >= 4 is 44.4 Å². The van der Waals surface area contributed by atoms with Gasteiger partial charge < -0.3 is 20.3 Å². The summed E-state index contributed by atoms with van der Waals surface area (Å²) in [5.74, 6) is 0.324. The molecule has 9 nitrogen and oxygen atoms in total. The third-order valence-corrected chi connectivity index (χ3v) is 6.72. The van der Waals surface area contributed by atoms with Crippen LogP contribution in [0, 0.1) is 0 Å². The Kier molecular flexibility index (Phi) is 4.88. The Labute approximate surface area is 167 Å². The minimum atomic E-state index is -3.63. The minimum absolute atomic E-state index is 0.0103. The summed E-state index contributed by atoms with van der Waals surface area (Å²) in [4.78, 5) is 13.7. The zero-order chi connectivity index (χ0) is 19.9. The second kappa shape index (κ2) is 7.21. The zero-order valence-electron chi connectivity index (χ0n) is 15.1. The van der Waals surface area contributed by atoms with Gasteiger partial charge in [0.2, 0.25) is 16.0 Å². The SMILES string of the molecule is CN1CCN(S(=O)(=O)c2cnc3[nH]c(Nc4cc(Cl)ccc4O)nc3c2)CC1. The van der Waals surface area contributed by atoms with Crippen LogP contribution in [0.5, 0.6) is 5.75 Å². The maximum atomic E-state index is 12.9. The number of piperazine rings is 1. The number of phenols is 1. The number of imidazole rings is 1. The number of nitrogens with one attached hydrogen (secondary N) is 2. The van der Waals surface area contributed by atoms with Crippen molar-refractivity contribution in [3.8, 4) is 5.75 Å². The molecule has 0 spiro atoms. The standard InChI is InChI=1S/C17H19ClN6O3S/c1-23-4-6-24(7-5-23)28(26,27)12-9-14-16(19-10-12)22-17(21-14)20-13-8-11(18)2-3-15(13)25/h2-3,8-10,25H,4-7H2,1H3,(H2,19,20,21,22). The summed E-state index contributed by atoms with van der Waals surface area (Å²) in [6.07, 6.45) is 1.33. The fourth-order valence-corrected chi connectivity index (χ4v) is 4.55. The maximum Gasteiger partial charge on any atom is 0.244 e. The van der Waals surface area contributed by atoms with Crippen LogP contribution in [0.2, 0.25) is 5.02 Å². The molecule has 1 aromatic carbocycles. The van der Waals surface area contributed by atoms with E-state index in [0.717, 1.165) is 0 Å². The van der Waals surface area contributed by atoms with Crippen LogP contribution in [0.4, 0.5) is 11.6 Å². The van der Waals surface area contributed by atoms with E-state index in [2.05, 4.69) is 25.2 Å². The van der Waals surface area contributed by atoms with Gasteiger partial charge in [-0.25, -0.2) is 18.4 Å². The molecule has 2 aromatic heterocycles. The first-order valence-electron chi connectivity index (χ1n) is 8.63. The van der Waals surface area contributed by atoms with E-state index in [9.17, 15) is 13.5 Å². The minimum Gasteiger partial charge on any atom is -0.506 e. The van der Waals surface area contributed by atoms with Gasteiger partial charge in [0.05, 0.1) is 5.69 Å². The van der Waals surface area contributed by atoms with E-state index in [1.54, 1.807) is 12.1 Å². The molecular weight excluding hydrogens is 404 g/mol. The fourth-order valence-electron chi connectivity index (χ4n) is 2.99. The van der Waals surface area contributed by atoms with Gasteiger partial charge in [0, 0.05) is 37.4 Å². The number of halogens is 1. The molecule has 1 aliphatic heterocycles. The van der Waals surface area contributed by atoms with E-state index < -0.39 is 10.0 Å². The van der Waals surface area contributed by atoms with E-state index in [-0.39, 0.29) is 10.6 Å². The number of hydrogen-bond acceptors (Lipinski definition) is 7. The number of anilines is 2. The van der Waals surface area contributed by atoms with Crippen LogP contribution in [0.3, 0.4) is 0 Å². The average molecular weight is 423 g/mol. The molecule has 148 valence electrons. The smallest absolute Gasteiger partial charge is 0.244 e. The Hall–Kier alpha value is -2.40. The normalized spacial score (nSPS) is 16.5. The van der Waals surface area contributed by atoms with Crippen molar-refractivity contribution in [2.24, 2.45) is 0 Å². The fraction of sp³-hybridized carbons (Fsp3) is 0.294. The van der Waals surface area contributed by atoms with Gasteiger partial charge in [-0.3, -0.25) is 0 Å². The quantitative estimate of drug-likeness (QED) is 0.551. The molecule has 0 atom stereocenters. The second-order valence-corrected chi connectivity index (χ2v) is 8.99. The summed E-state index contributed by atoms with van der Waals surface area (Å²) in [6, 6.07) is 6.08. The van der Waals surface area contributed by atoms with Gasteiger partial charge in [-0.15, -0.1) is 0 Å². The Morgan fingerprint density at radius 1 is 1.21 bits per heavy atom. The lowest BCUT2D eigenvalue weighted by atomic mass is 10.3. The Morgan fingerprint density at radius 2 is 1.96 bits per heavy atom. The lowest BCUT2D eigenvalue weighted by molar-refractivity contribution is 0.222. The molecule has 0 unspecified atom stereocenters. The number of fused-ring (bicyclic) bond motifs is 1. The molecule has 0 bridgehead atoms. The zero-order valence-corrected chi connectivity index (χ0v) is 16.6. The van der Waals surface area contributed by atoms with Crippen molar-refractivity contribution in [3.05, 3.63) is 35.5 Å². The number of aromatic amines is 1. The van der Waals surface area contributed by atoms with E-state index in [4.69, 9.17) is 11.6 Å². The molecular formula is C17H19ClN6O3S. The number of aromatic nitrogens is 3. The van der Waals surface area contributed by atoms with Crippen LogP contribution >= 0.6 is 11.6 Å². The summed E-state index contributed by atoms with van der Waals surface area (Å²) in [6.45, 7) is 2.26. The van der Waals surface area contributed by atoms with E-state index >= 15 is 0 Å². The molecule has 1 saturated heterocycles. The molecule has 1 aliphatic rings. The van der Waals surface area contributed by atoms with E-state index in [1.165, 1.54) is 22.6 Å². The number of hydrogen-bond donors (Lipinski definition) is 3. The van der Waals surface area contributed by atoms with Gasteiger partial charge in [0.15, 0.2) is 5.65 Å². The molecule has 3 N–H and O–H groups in total. The van der Waals surface area contributed by atoms with Gasteiger partial charge in [0.25, 0.3) is 0 Å². The third kappa shape index (κ3) is 3.63. The first-order valence-corrected chi connectivity index (χ1v) is 10.4. The molecule has 3 heterocycles. The largest absolute Gasteiger partial charge is 0.506 e. The summed E-state index contributed by atoms with van der Waals surface area (Å²) < 4.78 is 27.2. The topological polar surface area (TPSA) is 114 Å².